The fourth-order valence-electron chi connectivity index (χ4n) is 2.03. The van der Waals surface area contributed by atoms with E-state index in [-0.39, 0.29) is 12.2 Å². The van der Waals surface area contributed by atoms with Crippen LogP contribution in [0.2, 0.25) is 0 Å². The first-order valence-electron chi connectivity index (χ1n) is 6.14. The minimum atomic E-state index is -0.435. The Morgan fingerprint density at radius 2 is 2.19 bits per heavy atom. The summed E-state index contributed by atoms with van der Waals surface area (Å²) < 4.78 is 1.58. The monoisotopic (exact) mass is 301 g/mol. The number of nitro groups is 1. The maximum Gasteiger partial charge on any atom is 0.271 e. The molecule has 0 unspecified atom stereocenters. The third-order valence-corrected chi connectivity index (χ3v) is 3.85. The average Bonchev–Trinajstić information content (AvgIpc) is 3.15. The molecule has 2 N–H and O–H groups in total. The molecule has 2 aromatic heterocycles. The van der Waals surface area contributed by atoms with Crippen molar-refractivity contribution < 1.29 is 4.92 Å². The number of hydrogen-bond donors (Lipinski definition) is 1. The predicted octanol–water partition coefficient (Wildman–Crippen LogP) is 2.36. The zero-order chi connectivity index (χ0) is 14.8. The summed E-state index contributed by atoms with van der Waals surface area (Å²) in [6, 6.07) is 10.1. The summed E-state index contributed by atoms with van der Waals surface area (Å²) in [6.45, 7) is 0.252. The second kappa shape index (κ2) is 5.43. The smallest absolute Gasteiger partial charge is 0.271 e. The standard InChI is InChI=1S/C13H11N5O2S/c14-8-11-13(12-5-2-6-21-12)17(16-15-11)9-3-1-4-10(7-9)18(19)20/h1-7H,8,14H2. The van der Waals surface area contributed by atoms with E-state index in [1.54, 1.807) is 16.8 Å². The number of nitrogens with zero attached hydrogens (tertiary/aromatic N) is 4. The van der Waals surface area contributed by atoms with Gasteiger partial charge in [-0.05, 0) is 17.5 Å². The molecular formula is C13H11N5O2S. The third-order valence-electron chi connectivity index (χ3n) is 2.97. The van der Waals surface area contributed by atoms with Gasteiger partial charge >= 0.3 is 0 Å². The SMILES string of the molecule is NCc1nnn(-c2cccc([N+](=O)[O-])c2)c1-c1cccs1. The highest BCUT2D eigenvalue weighted by molar-refractivity contribution is 7.13. The van der Waals surface area contributed by atoms with Crippen molar-refractivity contribution in [1.82, 2.24) is 15.0 Å². The highest BCUT2D eigenvalue weighted by Crippen LogP contribution is 2.29. The number of aromatic nitrogens is 3. The Balaban J connectivity index is 2.17. The summed E-state index contributed by atoms with van der Waals surface area (Å²) in [5.41, 5.74) is 7.73. The number of nitro benzene ring substituents is 1. The molecule has 106 valence electrons. The van der Waals surface area contributed by atoms with E-state index in [4.69, 9.17) is 5.73 Å². The highest BCUT2D eigenvalue weighted by atomic mass is 32.1. The van der Waals surface area contributed by atoms with Gasteiger partial charge in [0, 0.05) is 18.7 Å². The molecule has 0 radical (unpaired) electrons. The largest absolute Gasteiger partial charge is 0.325 e. The molecule has 8 heteroatoms. The van der Waals surface area contributed by atoms with Gasteiger partial charge in [0.05, 0.1) is 15.5 Å². The van der Waals surface area contributed by atoms with E-state index >= 15 is 0 Å². The topological polar surface area (TPSA) is 99.9 Å². The summed E-state index contributed by atoms with van der Waals surface area (Å²) in [7, 11) is 0. The maximum absolute atomic E-state index is 10.9. The number of benzene rings is 1. The third kappa shape index (κ3) is 2.41. The van der Waals surface area contributed by atoms with Crippen molar-refractivity contribution in [1.29, 1.82) is 0 Å². The van der Waals surface area contributed by atoms with Crippen LogP contribution in [0.15, 0.2) is 41.8 Å². The van der Waals surface area contributed by atoms with Crippen LogP contribution in [0.25, 0.3) is 16.3 Å². The van der Waals surface area contributed by atoms with Gasteiger partial charge < -0.3 is 5.73 Å². The van der Waals surface area contributed by atoms with Crippen molar-refractivity contribution in [3.63, 3.8) is 0 Å². The normalized spacial score (nSPS) is 10.7. The van der Waals surface area contributed by atoms with Crippen LogP contribution in [0.5, 0.6) is 0 Å². The molecule has 0 saturated carbocycles. The lowest BCUT2D eigenvalue weighted by atomic mass is 10.2. The van der Waals surface area contributed by atoms with E-state index in [1.165, 1.54) is 23.5 Å². The molecule has 7 nitrogen and oxygen atoms in total. The fourth-order valence-corrected chi connectivity index (χ4v) is 2.81. The number of nitrogens with two attached hydrogens (primary N) is 1. The maximum atomic E-state index is 10.9. The molecule has 0 aliphatic carbocycles. The second-order valence-electron chi connectivity index (χ2n) is 4.25. The van der Waals surface area contributed by atoms with Crippen LogP contribution in [0, 0.1) is 10.1 Å². The molecular weight excluding hydrogens is 290 g/mol. The van der Waals surface area contributed by atoms with Gasteiger partial charge in [-0.15, -0.1) is 16.4 Å². The lowest BCUT2D eigenvalue weighted by molar-refractivity contribution is -0.384. The van der Waals surface area contributed by atoms with Gasteiger partial charge in [0.2, 0.25) is 0 Å². The summed E-state index contributed by atoms with van der Waals surface area (Å²) >= 11 is 1.54. The van der Waals surface area contributed by atoms with Gasteiger partial charge in [-0.2, -0.15) is 0 Å². The molecule has 3 aromatic rings. The minimum absolute atomic E-state index is 0.00873. The van der Waals surface area contributed by atoms with Gasteiger partial charge in [0.25, 0.3) is 5.69 Å². The van der Waals surface area contributed by atoms with Crippen LogP contribution in [0.1, 0.15) is 5.69 Å². The van der Waals surface area contributed by atoms with Crippen molar-refractivity contribution in [3.05, 3.63) is 57.6 Å². The molecule has 0 spiro atoms. The molecule has 0 fully saturated rings. The van der Waals surface area contributed by atoms with Gasteiger partial charge in [-0.3, -0.25) is 10.1 Å². The Labute approximate surface area is 123 Å². The predicted molar refractivity (Wildman–Crippen MR) is 79.2 cm³/mol. The van der Waals surface area contributed by atoms with Crippen LogP contribution in [-0.4, -0.2) is 19.9 Å². The quantitative estimate of drug-likeness (QED) is 0.589. The van der Waals surface area contributed by atoms with Crippen LogP contribution < -0.4 is 5.73 Å². The number of non-ortho nitro benzene ring substituents is 1. The van der Waals surface area contributed by atoms with E-state index in [0.29, 0.717) is 11.4 Å². The molecule has 0 amide bonds. The van der Waals surface area contributed by atoms with Crippen LogP contribution >= 0.6 is 11.3 Å². The van der Waals surface area contributed by atoms with Crippen LogP contribution in [-0.2, 0) is 6.54 Å². The molecule has 0 bridgehead atoms. The van der Waals surface area contributed by atoms with Gasteiger partial charge in [-0.1, -0.05) is 17.3 Å². The Kier molecular flexibility index (Phi) is 3.46. The van der Waals surface area contributed by atoms with E-state index < -0.39 is 4.92 Å². The zero-order valence-electron chi connectivity index (χ0n) is 10.8. The number of rotatable bonds is 4. The number of hydrogen-bond acceptors (Lipinski definition) is 6. The molecule has 3 rings (SSSR count). The molecule has 1 aromatic carbocycles. The molecule has 0 aliphatic heterocycles. The first kappa shape index (κ1) is 13.4. The summed E-state index contributed by atoms with van der Waals surface area (Å²) in [5, 5.41) is 21.0. The fraction of sp³-hybridized carbons (Fsp3) is 0.0769. The van der Waals surface area contributed by atoms with Crippen molar-refractivity contribution in [2.75, 3.05) is 0 Å². The van der Waals surface area contributed by atoms with E-state index in [9.17, 15) is 10.1 Å². The number of thiophene rings is 1. The first-order chi connectivity index (χ1) is 10.2. The summed E-state index contributed by atoms with van der Waals surface area (Å²) in [6.07, 6.45) is 0. The zero-order valence-corrected chi connectivity index (χ0v) is 11.7. The van der Waals surface area contributed by atoms with E-state index in [2.05, 4.69) is 10.3 Å². The Morgan fingerprint density at radius 3 is 2.86 bits per heavy atom. The average molecular weight is 301 g/mol. The molecule has 0 saturated heterocycles. The highest BCUT2D eigenvalue weighted by Gasteiger charge is 2.17. The summed E-state index contributed by atoms with van der Waals surface area (Å²) in [4.78, 5) is 11.4. The van der Waals surface area contributed by atoms with Crippen molar-refractivity contribution >= 4 is 17.0 Å². The second-order valence-corrected chi connectivity index (χ2v) is 5.20. The van der Waals surface area contributed by atoms with Crippen molar-refractivity contribution in [2.45, 2.75) is 6.54 Å². The summed E-state index contributed by atoms with van der Waals surface area (Å²) in [5.74, 6) is 0. The first-order valence-corrected chi connectivity index (χ1v) is 7.02. The minimum Gasteiger partial charge on any atom is -0.325 e. The lowest BCUT2D eigenvalue weighted by Crippen LogP contribution is -2.02. The molecule has 0 aliphatic rings. The van der Waals surface area contributed by atoms with Gasteiger partial charge in [-0.25, -0.2) is 4.68 Å². The molecule has 21 heavy (non-hydrogen) atoms. The van der Waals surface area contributed by atoms with Crippen molar-refractivity contribution in [3.8, 4) is 16.3 Å². The van der Waals surface area contributed by atoms with E-state index in [0.717, 1.165) is 10.6 Å². The van der Waals surface area contributed by atoms with Crippen LogP contribution in [0.3, 0.4) is 0 Å². The molecule has 2 heterocycles. The van der Waals surface area contributed by atoms with E-state index in [1.807, 2.05) is 17.5 Å². The molecule has 0 atom stereocenters. The van der Waals surface area contributed by atoms with Crippen molar-refractivity contribution in [2.24, 2.45) is 5.73 Å². The Hall–Kier alpha value is -2.58. The van der Waals surface area contributed by atoms with Crippen LogP contribution in [0.4, 0.5) is 5.69 Å². The lowest BCUT2D eigenvalue weighted by Gasteiger charge is -2.05. The Bertz CT molecular complexity index is 782. The van der Waals surface area contributed by atoms with Gasteiger partial charge in [0.15, 0.2) is 0 Å². The van der Waals surface area contributed by atoms with Gasteiger partial charge in [0.1, 0.15) is 11.4 Å². The Morgan fingerprint density at radius 1 is 1.33 bits per heavy atom.